The first kappa shape index (κ1) is 12.0. The van der Waals surface area contributed by atoms with Crippen LogP contribution in [0.5, 0.6) is 11.5 Å². The summed E-state index contributed by atoms with van der Waals surface area (Å²) < 4.78 is 10.1. The monoisotopic (exact) mass is 271 g/mol. The van der Waals surface area contributed by atoms with Crippen molar-refractivity contribution < 1.29 is 24.2 Å². The van der Waals surface area contributed by atoms with E-state index in [1.807, 2.05) is 0 Å². The lowest BCUT2D eigenvalue weighted by Gasteiger charge is -1.99. The van der Waals surface area contributed by atoms with E-state index in [4.69, 9.17) is 9.15 Å². The summed E-state index contributed by atoms with van der Waals surface area (Å²) in [5, 5.41) is 18.9. The van der Waals surface area contributed by atoms with E-state index < -0.39 is 5.97 Å². The van der Waals surface area contributed by atoms with Crippen LogP contribution in [-0.2, 0) is 9.53 Å². The predicted molar refractivity (Wildman–Crippen MR) is 69.1 cm³/mol. The molecule has 3 rings (SSSR count). The first-order valence-corrected chi connectivity index (χ1v) is 5.72. The molecule has 2 N–H and O–H groups in total. The van der Waals surface area contributed by atoms with Crippen molar-refractivity contribution in [1.29, 1.82) is 0 Å². The van der Waals surface area contributed by atoms with Crippen molar-refractivity contribution >= 4 is 17.9 Å². The van der Waals surface area contributed by atoms with Crippen molar-refractivity contribution in [2.75, 3.05) is 0 Å². The van der Waals surface area contributed by atoms with Crippen molar-refractivity contribution in [2.45, 2.75) is 0 Å². The molecule has 0 radical (unpaired) electrons. The molecular weight excluding hydrogens is 262 g/mol. The molecule has 2 heterocycles. The Morgan fingerprint density at radius 3 is 2.75 bits per heavy atom. The number of phenolic OH excluding ortho intramolecular Hbond substituents is 2. The molecule has 100 valence electrons. The highest BCUT2D eigenvalue weighted by Gasteiger charge is 2.26. The van der Waals surface area contributed by atoms with Crippen LogP contribution >= 0.6 is 0 Å². The molecule has 0 amide bonds. The van der Waals surface area contributed by atoms with Gasteiger partial charge in [0.2, 0.25) is 0 Å². The summed E-state index contributed by atoms with van der Waals surface area (Å²) in [6.45, 7) is 0. The predicted octanol–water partition coefficient (Wildman–Crippen LogP) is 2.04. The molecule has 1 aliphatic heterocycles. The summed E-state index contributed by atoms with van der Waals surface area (Å²) >= 11 is 0. The Hall–Kier alpha value is -3.02. The van der Waals surface area contributed by atoms with Crippen LogP contribution in [0.15, 0.2) is 51.7 Å². The number of carbonyl (C=O) groups excluding carboxylic acids is 1. The molecule has 0 saturated carbocycles. The highest BCUT2D eigenvalue weighted by molar-refractivity contribution is 6.11. The standard InChI is InChI=1S/C14H9NO5/c16-9-4-3-8(11(17)7-9)6-10-14(18)20-13(15-10)12-2-1-5-19-12/h1-7,16-17H/b10-6+. The zero-order valence-corrected chi connectivity index (χ0v) is 10.1. The van der Waals surface area contributed by atoms with Crippen LogP contribution in [0.4, 0.5) is 0 Å². The molecule has 0 fully saturated rings. The largest absolute Gasteiger partial charge is 0.508 e. The molecule has 0 aliphatic carbocycles. The fraction of sp³-hybridized carbons (Fsp3) is 0. The van der Waals surface area contributed by atoms with Gasteiger partial charge in [-0.05, 0) is 30.3 Å². The number of cyclic esters (lactones) is 1. The zero-order chi connectivity index (χ0) is 14.1. The Bertz CT molecular complexity index is 728. The minimum atomic E-state index is -0.635. The number of hydrogen-bond donors (Lipinski definition) is 2. The number of phenols is 2. The number of carbonyl (C=O) groups is 1. The highest BCUT2D eigenvalue weighted by atomic mass is 16.6. The van der Waals surface area contributed by atoms with Gasteiger partial charge in [0.25, 0.3) is 5.90 Å². The van der Waals surface area contributed by atoms with Crippen LogP contribution < -0.4 is 0 Å². The summed E-state index contributed by atoms with van der Waals surface area (Å²) in [4.78, 5) is 15.7. The molecule has 20 heavy (non-hydrogen) atoms. The van der Waals surface area contributed by atoms with Crippen molar-refractivity contribution in [3.05, 3.63) is 53.6 Å². The smallest absolute Gasteiger partial charge is 0.363 e. The summed E-state index contributed by atoms with van der Waals surface area (Å²) in [6, 6.07) is 7.30. The summed E-state index contributed by atoms with van der Waals surface area (Å²) in [5.41, 5.74) is 0.386. The van der Waals surface area contributed by atoms with E-state index >= 15 is 0 Å². The van der Waals surface area contributed by atoms with Crippen molar-refractivity contribution in [1.82, 2.24) is 0 Å². The lowest BCUT2D eigenvalue weighted by atomic mass is 10.1. The van der Waals surface area contributed by atoms with Crippen molar-refractivity contribution in [2.24, 2.45) is 4.99 Å². The number of furan rings is 1. The van der Waals surface area contributed by atoms with Gasteiger partial charge in [-0.15, -0.1) is 0 Å². The van der Waals surface area contributed by atoms with Gasteiger partial charge >= 0.3 is 5.97 Å². The summed E-state index contributed by atoms with van der Waals surface area (Å²) in [6.07, 6.45) is 2.81. The molecule has 0 bridgehead atoms. The second kappa shape index (κ2) is 4.58. The molecule has 1 aliphatic rings. The quantitative estimate of drug-likeness (QED) is 0.644. The van der Waals surface area contributed by atoms with Gasteiger partial charge in [-0.2, -0.15) is 0 Å². The van der Waals surface area contributed by atoms with Gasteiger partial charge in [-0.25, -0.2) is 9.79 Å². The number of rotatable bonds is 2. The molecule has 6 heteroatoms. The normalized spacial score (nSPS) is 16.3. The third-order valence-corrected chi connectivity index (χ3v) is 2.66. The van der Waals surface area contributed by atoms with Gasteiger partial charge in [0.05, 0.1) is 6.26 Å². The molecule has 1 aromatic heterocycles. The van der Waals surface area contributed by atoms with Crippen LogP contribution in [0, 0.1) is 0 Å². The van der Waals surface area contributed by atoms with Crippen molar-refractivity contribution in [3.8, 4) is 11.5 Å². The first-order chi connectivity index (χ1) is 9.63. The second-order valence-electron chi connectivity index (χ2n) is 4.06. The number of esters is 1. The van der Waals surface area contributed by atoms with Gasteiger partial charge in [0.1, 0.15) is 11.5 Å². The molecular formula is C14H9NO5. The van der Waals surface area contributed by atoms with E-state index in [1.54, 1.807) is 12.1 Å². The fourth-order valence-electron chi connectivity index (χ4n) is 1.72. The first-order valence-electron chi connectivity index (χ1n) is 5.72. The maximum Gasteiger partial charge on any atom is 0.363 e. The Balaban J connectivity index is 1.97. The number of aliphatic imine (C=N–C) groups is 1. The average molecular weight is 271 g/mol. The summed E-state index contributed by atoms with van der Waals surface area (Å²) in [7, 11) is 0. The van der Waals surface area contributed by atoms with Crippen LogP contribution in [-0.4, -0.2) is 22.1 Å². The maximum absolute atomic E-state index is 11.7. The van der Waals surface area contributed by atoms with Crippen LogP contribution in [0.1, 0.15) is 11.3 Å². The number of aromatic hydroxyl groups is 2. The molecule has 0 saturated heterocycles. The number of hydrogen-bond acceptors (Lipinski definition) is 6. The summed E-state index contributed by atoms with van der Waals surface area (Å²) in [5.74, 6) is -0.449. The van der Waals surface area contributed by atoms with Gasteiger partial charge in [0.15, 0.2) is 11.5 Å². The third-order valence-electron chi connectivity index (χ3n) is 2.66. The molecule has 0 unspecified atom stereocenters. The van der Waals surface area contributed by atoms with Gasteiger partial charge in [0, 0.05) is 11.6 Å². The lowest BCUT2D eigenvalue weighted by molar-refractivity contribution is -0.130. The molecule has 2 aromatic rings. The average Bonchev–Trinajstić information content (AvgIpc) is 3.03. The molecule has 1 aromatic carbocycles. The Morgan fingerprint density at radius 1 is 1.20 bits per heavy atom. The fourth-order valence-corrected chi connectivity index (χ4v) is 1.72. The molecule has 0 spiro atoms. The van der Waals surface area contributed by atoms with E-state index in [0.29, 0.717) is 11.3 Å². The minimum absolute atomic E-state index is 0.0392. The second-order valence-corrected chi connectivity index (χ2v) is 4.06. The molecule has 0 atom stereocenters. The number of nitrogens with zero attached hydrogens (tertiary/aromatic N) is 1. The number of benzene rings is 1. The van der Waals surface area contributed by atoms with Gasteiger partial charge in [-0.3, -0.25) is 0 Å². The highest BCUT2D eigenvalue weighted by Crippen LogP contribution is 2.26. The molecule has 6 nitrogen and oxygen atoms in total. The SMILES string of the molecule is O=C1OC(c2ccco2)=N/C1=C/c1ccc(O)cc1O. The van der Waals surface area contributed by atoms with Crippen LogP contribution in [0.25, 0.3) is 6.08 Å². The van der Waals surface area contributed by atoms with E-state index in [-0.39, 0.29) is 23.1 Å². The van der Waals surface area contributed by atoms with Gasteiger partial charge in [-0.1, -0.05) is 0 Å². The Labute approximate surface area is 113 Å². The maximum atomic E-state index is 11.7. The topological polar surface area (TPSA) is 92.3 Å². The lowest BCUT2D eigenvalue weighted by Crippen LogP contribution is -2.04. The Morgan fingerprint density at radius 2 is 2.05 bits per heavy atom. The van der Waals surface area contributed by atoms with E-state index in [9.17, 15) is 15.0 Å². The zero-order valence-electron chi connectivity index (χ0n) is 10.1. The minimum Gasteiger partial charge on any atom is -0.508 e. The van der Waals surface area contributed by atoms with E-state index in [0.717, 1.165) is 0 Å². The van der Waals surface area contributed by atoms with E-state index in [1.165, 1.54) is 30.5 Å². The third kappa shape index (κ3) is 2.14. The van der Waals surface area contributed by atoms with Gasteiger partial charge < -0.3 is 19.4 Å². The number of ether oxygens (including phenoxy) is 1. The van der Waals surface area contributed by atoms with Crippen molar-refractivity contribution in [3.63, 3.8) is 0 Å². The van der Waals surface area contributed by atoms with E-state index in [2.05, 4.69) is 4.99 Å². The van der Waals surface area contributed by atoms with Crippen LogP contribution in [0.3, 0.4) is 0 Å². The van der Waals surface area contributed by atoms with Crippen LogP contribution in [0.2, 0.25) is 0 Å². The Kier molecular flexibility index (Phi) is 2.76.